The number of amides is 1. The third kappa shape index (κ3) is 4.10. The lowest BCUT2D eigenvalue weighted by atomic mass is 9.91. The minimum Gasteiger partial charge on any atom is -0.395 e. The maximum Gasteiger partial charge on any atom is 0.234 e. The number of nitrogens with one attached hydrogen (secondary N) is 1. The fraction of sp³-hybridized carbons (Fsp3) is 0.917. The summed E-state index contributed by atoms with van der Waals surface area (Å²) in [5.41, 5.74) is 0. The van der Waals surface area contributed by atoms with Crippen molar-refractivity contribution in [1.29, 1.82) is 0 Å². The third-order valence-corrected chi connectivity index (χ3v) is 3.34. The summed E-state index contributed by atoms with van der Waals surface area (Å²) in [6.45, 7) is 5.24. The number of aliphatic hydroxyl groups excluding tert-OH is 1. The van der Waals surface area contributed by atoms with Crippen LogP contribution in [0.25, 0.3) is 0 Å². The first kappa shape index (κ1) is 13.5. The van der Waals surface area contributed by atoms with Gasteiger partial charge in [-0.3, -0.25) is 9.69 Å². The number of aliphatic hydroxyl groups is 1. The average molecular weight is 228 g/mol. The molecule has 0 saturated heterocycles. The van der Waals surface area contributed by atoms with Crippen LogP contribution in [-0.2, 0) is 4.79 Å². The van der Waals surface area contributed by atoms with Crippen LogP contribution in [0.2, 0.25) is 0 Å². The van der Waals surface area contributed by atoms with Crippen molar-refractivity contribution >= 4 is 5.91 Å². The van der Waals surface area contributed by atoms with Crippen molar-refractivity contribution in [3.05, 3.63) is 0 Å². The second kappa shape index (κ2) is 6.86. The minimum absolute atomic E-state index is 0.0784. The van der Waals surface area contributed by atoms with Crippen LogP contribution >= 0.6 is 0 Å². The van der Waals surface area contributed by atoms with Crippen LogP contribution in [-0.4, -0.2) is 47.7 Å². The number of carbonyl (C=O) groups is 1. The molecule has 1 unspecified atom stereocenters. The summed E-state index contributed by atoms with van der Waals surface area (Å²) in [6.07, 6.45) is 4.53. The molecule has 0 radical (unpaired) electrons. The van der Waals surface area contributed by atoms with Gasteiger partial charge in [-0.05, 0) is 26.2 Å². The maximum atomic E-state index is 11.7. The lowest BCUT2D eigenvalue weighted by Crippen LogP contribution is -2.48. The van der Waals surface area contributed by atoms with Crippen molar-refractivity contribution in [2.24, 2.45) is 0 Å². The van der Waals surface area contributed by atoms with Gasteiger partial charge in [0.15, 0.2) is 0 Å². The van der Waals surface area contributed by atoms with E-state index in [0.717, 1.165) is 19.3 Å². The number of rotatable bonds is 7. The molecule has 16 heavy (non-hydrogen) atoms. The van der Waals surface area contributed by atoms with E-state index in [1.165, 1.54) is 6.42 Å². The Morgan fingerprint density at radius 3 is 2.69 bits per heavy atom. The van der Waals surface area contributed by atoms with Crippen molar-refractivity contribution in [3.63, 3.8) is 0 Å². The number of hydrogen-bond donors (Lipinski definition) is 2. The predicted octanol–water partition coefficient (Wildman–Crippen LogP) is 0.748. The van der Waals surface area contributed by atoms with E-state index in [1.807, 2.05) is 6.92 Å². The van der Waals surface area contributed by atoms with Crippen molar-refractivity contribution in [2.75, 3.05) is 19.7 Å². The van der Waals surface area contributed by atoms with Crippen LogP contribution < -0.4 is 5.32 Å². The van der Waals surface area contributed by atoms with Gasteiger partial charge in [-0.1, -0.05) is 13.3 Å². The maximum absolute atomic E-state index is 11.7. The quantitative estimate of drug-likeness (QED) is 0.676. The molecule has 1 saturated carbocycles. The standard InChI is InChI=1S/C12H24N2O2/c1-3-10(2)13-12(16)9-14(7-8-15)11-5-4-6-11/h10-11,15H,3-9H2,1-2H3,(H,13,16). The molecule has 0 aliphatic heterocycles. The molecule has 0 aromatic rings. The Kier molecular flexibility index (Phi) is 5.77. The number of hydrogen-bond acceptors (Lipinski definition) is 3. The molecule has 2 N–H and O–H groups in total. The molecule has 1 aliphatic carbocycles. The summed E-state index contributed by atoms with van der Waals surface area (Å²) in [6, 6.07) is 0.750. The van der Waals surface area contributed by atoms with Crippen molar-refractivity contribution in [2.45, 2.75) is 51.6 Å². The Bertz CT molecular complexity index is 217. The van der Waals surface area contributed by atoms with E-state index in [9.17, 15) is 4.79 Å². The Morgan fingerprint density at radius 2 is 2.25 bits per heavy atom. The first-order valence-electron chi connectivity index (χ1n) is 6.31. The van der Waals surface area contributed by atoms with Crippen molar-refractivity contribution < 1.29 is 9.90 Å². The fourth-order valence-corrected chi connectivity index (χ4v) is 1.88. The summed E-state index contributed by atoms with van der Waals surface area (Å²) in [5, 5.41) is 11.9. The SMILES string of the molecule is CCC(C)NC(=O)CN(CCO)C1CCC1. The van der Waals surface area contributed by atoms with Crippen LogP contribution in [0.5, 0.6) is 0 Å². The third-order valence-electron chi connectivity index (χ3n) is 3.34. The largest absolute Gasteiger partial charge is 0.395 e. The molecule has 1 aliphatic rings. The van der Waals surface area contributed by atoms with E-state index in [0.29, 0.717) is 19.1 Å². The van der Waals surface area contributed by atoms with Gasteiger partial charge < -0.3 is 10.4 Å². The van der Waals surface area contributed by atoms with Crippen LogP contribution in [0.3, 0.4) is 0 Å². The predicted molar refractivity (Wildman–Crippen MR) is 64.2 cm³/mol. The van der Waals surface area contributed by atoms with Gasteiger partial charge in [-0.2, -0.15) is 0 Å². The summed E-state index contributed by atoms with van der Waals surface area (Å²) >= 11 is 0. The molecular weight excluding hydrogens is 204 g/mol. The molecular formula is C12H24N2O2. The van der Waals surface area contributed by atoms with Gasteiger partial charge in [-0.25, -0.2) is 0 Å². The first-order valence-corrected chi connectivity index (χ1v) is 6.31. The molecule has 4 heteroatoms. The molecule has 4 nitrogen and oxygen atoms in total. The molecule has 1 fully saturated rings. The normalized spacial score (nSPS) is 18.2. The molecule has 0 aromatic heterocycles. The van der Waals surface area contributed by atoms with Gasteiger partial charge >= 0.3 is 0 Å². The topological polar surface area (TPSA) is 52.6 Å². The summed E-state index contributed by atoms with van der Waals surface area (Å²) in [4.78, 5) is 13.8. The van der Waals surface area contributed by atoms with Crippen molar-refractivity contribution in [3.8, 4) is 0 Å². The smallest absolute Gasteiger partial charge is 0.234 e. The number of carbonyl (C=O) groups excluding carboxylic acids is 1. The highest BCUT2D eigenvalue weighted by Crippen LogP contribution is 2.24. The zero-order valence-corrected chi connectivity index (χ0v) is 10.4. The van der Waals surface area contributed by atoms with Gasteiger partial charge in [-0.15, -0.1) is 0 Å². The zero-order chi connectivity index (χ0) is 12.0. The Hall–Kier alpha value is -0.610. The molecule has 1 atom stereocenters. The van der Waals surface area contributed by atoms with Crippen LogP contribution in [0.15, 0.2) is 0 Å². The van der Waals surface area contributed by atoms with Gasteiger partial charge in [0, 0.05) is 18.6 Å². The Balaban J connectivity index is 2.32. The monoisotopic (exact) mass is 228 g/mol. The van der Waals surface area contributed by atoms with E-state index in [-0.39, 0.29) is 18.6 Å². The summed E-state index contributed by atoms with van der Waals surface area (Å²) in [5.74, 6) is 0.0784. The molecule has 0 spiro atoms. The van der Waals surface area contributed by atoms with Gasteiger partial charge in [0.2, 0.25) is 5.91 Å². The van der Waals surface area contributed by atoms with Crippen LogP contribution in [0, 0.1) is 0 Å². The highest BCUT2D eigenvalue weighted by Gasteiger charge is 2.26. The van der Waals surface area contributed by atoms with Crippen LogP contribution in [0.1, 0.15) is 39.5 Å². The second-order valence-corrected chi connectivity index (χ2v) is 4.66. The summed E-state index contributed by atoms with van der Waals surface area (Å²) in [7, 11) is 0. The molecule has 0 aromatic carbocycles. The van der Waals surface area contributed by atoms with Gasteiger partial charge in [0.1, 0.15) is 0 Å². The van der Waals surface area contributed by atoms with Gasteiger partial charge in [0.05, 0.1) is 13.2 Å². The van der Waals surface area contributed by atoms with E-state index in [2.05, 4.69) is 17.1 Å². The molecule has 94 valence electrons. The second-order valence-electron chi connectivity index (χ2n) is 4.66. The first-order chi connectivity index (χ1) is 7.67. The molecule has 1 rings (SSSR count). The lowest BCUT2D eigenvalue weighted by molar-refractivity contribution is -0.124. The molecule has 0 bridgehead atoms. The Morgan fingerprint density at radius 1 is 1.56 bits per heavy atom. The fourth-order valence-electron chi connectivity index (χ4n) is 1.88. The number of nitrogens with zero attached hydrogens (tertiary/aromatic N) is 1. The Labute approximate surface area is 98.0 Å². The van der Waals surface area contributed by atoms with Crippen LogP contribution in [0.4, 0.5) is 0 Å². The highest BCUT2D eigenvalue weighted by molar-refractivity contribution is 5.78. The van der Waals surface area contributed by atoms with E-state index in [1.54, 1.807) is 0 Å². The van der Waals surface area contributed by atoms with E-state index in [4.69, 9.17) is 5.11 Å². The average Bonchev–Trinajstić information content (AvgIpc) is 2.15. The van der Waals surface area contributed by atoms with Crippen molar-refractivity contribution in [1.82, 2.24) is 10.2 Å². The molecule has 0 heterocycles. The molecule has 1 amide bonds. The summed E-state index contributed by atoms with van der Waals surface area (Å²) < 4.78 is 0. The van der Waals surface area contributed by atoms with Gasteiger partial charge in [0.25, 0.3) is 0 Å². The minimum atomic E-state index is 0.0784. The zero-order valence-electron chi connectivity index (χ0n) is 10.4. The highest BCUT2D eigenvalue weighted by atomic mass is 16.3. The lowest BCUT2D eigenvalue weighted by Gasteiger charge is -2.36. The van der Waals surface area contributed by atoms with E-state index >= 15 is 0 Å². The van der Waals surface area contributed by atoms with E-state index < -0.39 is 0 Å².